The minimum absolute atomic E-state index is 0.233. The Morgan fingerprint density at radius 2 is 2.07 bits per heavy atom. The van der Waals surface area contributed by atoms with Gasteiger partial charge in [-0.25, -0.2) is 4.39 Å². The predicted octanol–water partition coefficient (Wildman–Crippen LogP) is 1.88. The number of benzene rings is 1. The van der Waals surface area contributed by atoms with Crippen LogP contribution in [0.3, 0.4) is 0 Å². The standard InChI is InChI=1S/C8H5F3N2O/c9-6-1-4(14-8(10)11)2-7(13)5(6)3-12/h1-2,8H,13H2. The number of halogens is 3. The molecule has 0 unspecified atom stereocenters. The molecule has 0 aliphatic rings. The van der Waals surface area contributed by atoms with E-state index in [-0.39, 0.29) is 11.3 Å². The van der Waals surface area contributed by atoms with Crippen molar-refractivity contribution in [2.45, 2.75) is 6.61 Å². The molecule has 0 aromatic heterocycles. The van der Waals surface area contributed by atoms with Crippen LogP contribution in [-0.4, -0.2) is 6.61 Å². The second-order valence-corrected chi connectivity index (χ2v) is 2.36. The maximum atomic E-state index is 12.9. The van der Waals surface area contributed by atoms with Gasteiger partial charge in [0.15, 0.2) is 0 Å². The predicted molar refractivity (Wildman–Crippen MR) is 42.2 cm³/mol. The van der Waals surface area contributed by atoms with Crippen LogP contribution >= 0.6 is 0 Å². The highest BCUT2D eigenvalue weighted by molar-refractivity contribution is 5.57. The Hall–Kier alpha value is -1.90. The van der Waals surface area contributed by atoms with Crippen molar-refractivity contribution in [3.8, 4) is 11.8 Å². The van der Waals surface area contributed by atoms with Crippen LogP contribution in [0.1, 0.15) is 5.56 Å². The van der Waals surface area contributed by atoms with E-state index in [1.807, 2.05) is 0 Å². The van der Waals surface area contributed by atoms with Crippen molar-refractivity contribution in [3.63, 3.8) is 0 Å². The first-order chi connectivity index (χ1) is 6.54. The number of nitrogen functional groups attached to an aromatic ring is 1. The normalized spacial score (nSPS) is 9.93. The summed E-state index contributed by atoms with van der Waals surface area (Å²) >= 11 is 0. The highest BCUT2D eigenvalue weighted by Gasteiger charge is 2.11. The summed E-state index contributed by atoms with van der Waals surface area (Å²) in [4.78, 5) is 0. The van der Waals surface area contributed by atoms with Gasteiger partial charge in [0.1, 0.15) is 23.2 Å². The molecular formula is C8H5F3N2O. The first-order valence-corrected chi connectivity index (χ1v) is 3.48. The van der Waals surface area contributed by atoms with E-state index in [1.54, 1.807) is 0 Å². The smallest absolute Gasteiger partial charge is 0.387 e. The molecule has 0 amide bonds. The molecule has 0 spiro atoms. The summed E-state index contributed by atoms with van der Waals surface area (Å²) in [6.07, 6.45) is 0. The molecule has 1 rings (SSSR count). The van der Waals surface area contributed by atoms with Crippen LogP contribution in [-0.2, 0) is 0 Å². The van der Waals surface area contributed by atoms with Crippen molar-refractivity contribution in [2.24, 2.45) is 0 Å². The summed E-state index contributed by atoms with van der Waals surface area (Å²) < 4.78 is 40.3. The number of ether oxygens (including phenoxy) is 1. The lowest BCUT2D eigenvalue weighted by Gasteiger charge is -2.06. The fourth-order valence-corrected chi connectivity index (χ4v) is 0.891. The van der Waals surface area contributed by atoms with Gasteiger partial charge in [-0.05, 0) is 0 Å². The highest BCUT2D eigenvalue weighted by Crippen LogP contribution is 2.24. The zero-order valence-electron chi connectivity index (χ0n) is 6.80. The Bertz CT molecular complexity index is 364. The summed E-state index contributed by atoms with van der Waals surface area (Å²) in [7, 11) is 0. The van der Waals surface area contributed by atoms with Crippen LogP contribution in [0.25, 0.3) is 0 Å². The Labute approximate surface area is 77.5 Å². The third-order valence-corrected chi connectivity index (χ3v) is 1.43. The van der Waals surface area contributed by atoms with Crippen LogP contribution in [0.2, 0.25) is 0 Å². The van der Waals surface area contributed by atoms with E-state index in [0.29, 0.717) is 6.07 Å². The molecule has 1 aromatic rings. The molecule has 0 saturated carbocycles. The average molecular weight is 202 g/mol. The fourth-order valence-electron chi connectivity index (χ4n) is 0.891. The zero-order chi connectivity index (χ0) is 10.7. The second kappa shape index (κ2) is 3.87. The topological polar surface area (TPSA) is 59.0 Å². The van der Waals surface area contributed by atoms with Gasteiger partial charge >= 0.3 is 6.61 Å². The van der Waals surface area contributed by atoms with Crippen molar-refractivity contribution in [1.82, 2.24) is 0 Å². The number of hydrogen-bond donors (Lipinski definition) is 1. The third-order valence-electron chi connectivity index (χ3n) is 1.43. The van der Waals surface area contributed by atoms with E-state index in [0.717, 1.165) is 6.07 Å². The van der Waals surface area contributed by atoms with Crippen molar-refractivity contribution >= 4 is 5.69 Å². The van der Waals surface area contributed by atoms with Gasteiger partial charge in [-0.15, -0.1) is 0 Å². The maximum absolute atomic E-state index is 12.9. The molecular weight excluding hydrogens is 197 g/mol. The van der Waals surface area contributed by atoms with E-state index in [9.17, 15) is 13.2 Å². The van der Waals surface area contributed by atoms with E-state index >= 15 is 0 Å². The quantitative estimate of drug-likeness (QED) is 0.745. The second-order valence-electron chi connectivity index (χ2n) is 2.36. The van der Waals surface area contributed by atoms with Gasteiger partial charge in [0.2, 0.25) is 0 Å². The van der Waals surface area contributed by atoms with Gasteiger partial charge in [-0.3, -0.25) is 0 Å². The van der Waals surface area contributed by atoms with Gasteiger partial charge < -0.3 is 10.5 Å². The Kier molecular flexibility index (Phi) is 2.82. The van der Waals surface area contributed by atoms with Crippen molar-refractivity contribution < 1.29 is 17.9 Å². The van der Waals surface area contributed by atoms with Crippen molar-refractivity contribution in [1.29, 1.82) is 5.26 Å². The number of hydrogen-bond acceptors (Lipinski definition) is 3. The van der Waals surface area contributed by atoms with Crippen LogP contribution in [0.4, 0.5) is 18.9 Å². The Balaban J connectivity index is 3.09. The summed E-state index contributed by atoms with van der Waals surface area (Å²) in [5.41, 5.74) is 4.61. The first kappa shape index (κ1) is 10.2. The molecule has 0 aliphatic heterocycles. The SMILES string of the molecule is N#Cc1c(N)cc(OC(F)F)cc1F. The highest BCUT2D eigenvalue weighted by atomic mass is 19.3. The molecule has 3 nitrogen and oxygen atoms in total. The first-order valence-electron chi connectivity index (χ1n) is 3.48. The molecule has 2 N–H and O–H groups in total. The summed E-state index contributed by atoms with van der Waals surface area (Å²) in [6, 6.07) is 3.15. The summed E-state index contributed by atoms with van der Waals surface area (Å²) in [5, 5.41) is 8.41. The number of nitrogens with two attached hydrogens (primary N) is 1. The molecule has 0 atom stereocenters. The maximum Gasteiger partial charge on any atom is 0.387 e. The molecule has 0 radical (unpaired) electrons. The summed E-state index contributed by atoms with van der Waals surface area (Å²) in [6.45, 7) is -3.05. The van der Waals surface area contributed by atoms with Gasteiger partial charge in [0.25, 0.3) is 0 Å². The minimum atomic E-state index is -3.05. The van der Waals surface area contributed by atoms with E-state index in [2.05, 4.69) is 4.74 Å². The van der Waals surface area contributed by atoms with Crippen LogP contribution in [0.5, 0.6) is 5.75 Å². The number of nitrogens with zero attached hydrogens (tertiary/aromatic N) is 1. The number of nitriles is 1. The molecule has 1 aromatic carbocycles. The average Bonchev–Trinajstić information content (AvgIpc) is 2.01. The lowest BCUT2D eigenvalue weighted by Crippen LogP contribution is -2.04. The van der Waals surface area contributed by atoms with Gasteiger partial charge in [-0.2, -0.15) is 14.0 Å². The van der Waals surface area contributed by atoms with E-state index in [1.165, 1.54) is 6.07 Å². The summed E-state index contributed by atoms with van der Waals surface area (Å²) in [5.74, 6) is -1.39. The molecule has 0 bridgehead atoms. The lowest BCUT2D eigenvalue weighted by molar-refractivity contribution is -0.0499. The monoisotopic (exact) mass is 202 g/mol. The molecule has 0 fully saturated rings. The lowest BCUT2D eigenvalue weighted by atomic mass is 10.2. The van der Waals surface area contributed by atoms with Gasteiger partial charge in [0, 0.05) is 12.1 Å². The van der Waals surface area contributed by atoms with Crippen LogP contribution in [0.15, 0.2) is 12.1 Å². The zero-order valence-corrected chi connectivity index (χ0v) is 6.80. The van der Waals surface area contributed by atoms with Crippen molar-refractivity contribution in [2.75, 3.05) is 5.73 Å². The van der Waals surface area contributed by atoms with Crippen LogP contribution < -0.4 is 10.5 Å². The number of alkyl halides is 2. The van der Waals surface area contributed by atoms with Crippen LogP contribution in [0, 0.1) is 17.1 Å². The molecule has 0 saturated heterocycles. The minimum Gasteiger partial charge on any atom is -0.435 e. The van der Waals surface area contributed by atoms with Gasteiger partial charge in [0.05, 0.1) is 5.69 Å². The number of anilines is 1. The molecule has 6 heteroatoms. The van der Waals surface area contributed by atoms with Crippen molar-refractivity contribution in [3.05, 3.63) is 23.5 Å². The largest absolute Gasteiger partial charge is 0.435 e. The molecule has 14 heavy (non-hydrogen) atoms. The Morgan fingerprint density at radius 1 is 1.43 bits per heavy atom. The number of rotatable bonds is 2. The van der Waals surface area contributed by atoms with E-state index < -0.39 is 18.2 Å². The fraction of sp³-hybridized carbons (Fsp3) is 0.125. The van der Waals surface area contributed by atoms with E-state index in [4.69, 9.17) is 11.0 Å². The Morgan fingerprint density at radius 3 is 2.50 bits per heavy atom. The van der Waals surface area contributed by atoms with Gasteiger partial charge in [-0.1, -0.05) is 0 Å². The molecule has 74 valence electrons. The molecule has 0 aliphatic carbocycles. The molecule has 0 heterocycles. The third kappa shape index (κ3) is 2.07.